The normalized spacial score (nSPS) is 12.9. The Labute approximate surface area is 71.7 Å². The second-order valence-electron chi connectivity index (χ2n) is 2.30. The number of thiol groups is 1. The van der Waals surface area contributed by atoms with Crippen molar-refractivity contribution < 1.29 is 9.90 Å². The number of carbonyl (C=O) groups is 1. The Balaban J connectivity index is 3.44. The summed E-state index contributed by atoms with van der Waals surface area (Å²) in [5, 5.41) is 8.53. The van der Waals surface area contributed by atoms with Crippen LogP contribution in [0.2, 0.25) is 0 Å². The maximum absolute atomic E-state index is 10.4. The molecule has 0 unspecified atom stereocenters. The number of carboxylic acids is 1. The Kier molecular flexibility index (Phi) is 6.30. The fourth-order valence-corrected chi connectivity index (χ4v) is 0.976. The summed E-state index contributed by atoms with van der Waals surface area (Å²) in [6, 6.07) is -0.551. The molecule has 11 heavy (non-hydrogen) atoms. The molecule has 0 aliphatic heterocycles. The third kappa shape index (κ3) is 5.06. The maximum atomic E-state index is 10.4. The van der Waals surface area contributed by atoms with Crippen molar-refractivity contribution in [2.75, 3.05) is 6.54 Å². The van der Waals surface area contributed by atoms with Gasteiger partial charge in [-0.3, -0.25) is 9.52 Å². The van der Waals surface area contributed by atoms with Gasteiger partial charge in [-0.25, -0.2) is 0 Å². The van der Waals surface area contributed by atoms with Crippen LogP contribution in [0.3, 0.4) is 0 Å². The van der Waals surface area contributed by atoms with E-state index >= 15 is 0 Å². The van der Waals surface area contributed by atoms with E-state index in [0.29, 0.717) is 13.0 Å². The zero-order valence-electron chi connectivity index (χ0n) is 6.29. The van der Waals surface area contributed by atoms with Crippen LogP contribution in [0.25, 0.3) is 0 Å². The summed E-state index contributed by atoms with van der Waals surface area (Å²) in [4.78, 5) is 10.4. The van der Waals surface area contributed by atoms with Crippen molar-refractivity contribution in [2.45, 2.75) is 25.3 Å². The standard InChI is InChI=1S/C6H14N2O2S/c7-4-2-1-3-5(8-11)6(9)10/h5,8,11H,1-4,7H2,(H,9,10)/t5-/m1/s1. The minimum atomic E-state index is -0.864. The molecule has 4 N–H and O–H groups in total. The number of carboxylic acid groups (broad SMARTS) is 1. The Morgan fingerprint density at radius 1 is 1.64 bits per heavy atom. The number of hydrogen-bond donors (Lipinski definition) is 4. The monoisotopic (exact) mass is 178 g/mol. The van der Waals surface area contributed by atoms with E-state index in [1.807, 2.05) is 0 Å². The molecule has 0 aromatic carbocycles. The molecule has 0 aromatic heterocycles. The SMILES string of the molecule is NCCCC[C@@H](NS)C(=O)O. The summed E-state index contributed by atoms with van der Waals surface area (Å²) in [7, 11) is 0. The fourth-order valence-electron chi connectivity index (χ4n) is 0.736. The summed E-state index contributed by atoms with van der Waals surface area (Å²) < 4.78 is 2.41. The highest BCUT2D eigenvalue weighted by atomic mass is 32.1. The van der Waals surface area contributed by atoms with Crippen LogP contribution in [0.1, 0.15) is 19.3 Å². The average molecular weight is 178 g/mol. The van der Waals surface area contributed by atoms with Gasteiger partial charge >= 0.3 is 5.97 Å². The van der Waals surface area contributed by atoms with E-state index in [1.54, 1.807) is 0 Å². The number of nitrogens with two attached hydrogens (primary N) is 1. The number of aliphatic carboxylic acids is 1. The van der Waals surface area contributed by atoms with Gasteiger partial charge in [0, 0.05) is 0 Å². The molecule has 66 valence electrons. The highest BCUT2D eigenvalue weighted by molar-refractivity contribution is 7.78. The summed E-state index contributed by atoms with van der Waals surface area (Å²) in [5.74, 6) is -0.864. The first-order valence-electron chi connectivity index (χ1n) is 3.55. The van der Waals surface area contributed by atoms with Gasteiger partial charge < -0.3 is 10.8 Å². The smallest absolute Gasteiger partial charge is 0.321 e. The van der Waals surface area contributed by atoms with Gasteiger partial charge in [-0.15, -0.1) is 0 Å². The molecule has 4 nitrogen and oxygen atoms in total. The predicted molar refractivity (Wildman–Crippen MR) is 46.5 cm³/mol. The van der Waals surface area contributed by atoms with Gasteiger partial charge in [-0.1, -0.05) is 19.2 Å². The number of nitrogens with one attached hydrogen (secondary N) is 1. The Morgan fingerprint density at radius 2 is 2.27 bits per heavy atom. The second kappa shape index (κ2) is 6.45. The van der Waals surface area contributed by atoms with Crippen LogP contribution in [0, 0.1) is 0 Å². The Bertz CT molecular complexity index is 121. The minimum Gasteiger partial charge on any atom is -0.480 e. The first-order valence-corrected chi connectivity index (χ1v) is 3.99. The summed E-state index contributed by atoms with van der Waals surface area (Å²) in [5.41, 5.74) is 5.25. The summed E-state index contributed by atoms with van der Waals surface area (Å²) in [6.07, 6.45) is 2.26. The van der Waals surface area contributed by atoms with Crippen LogP contribution in [0.5, 0.6) is 0 Å². The topological polar surface area (TPSA) is 75.3 Å². The van der Waals surface area contributed by atoms with Gasteiger partial charge in [-0.05, 0) is 19.4 Å². The predicted octanol–water partition coefficient (Wildman–Crippen LogP) is 0.00300. The minimum absolute atomic E-state index is 0.551. The molecule has 0 spiro atoms. The van der Waals surface area contributed by atoms with Gasteiger partial charge in [-0.2, -0.15) is 0 Å². The number of rotatable bonds is 6. The lowest BCUT2D eigenvalue weighted by Gasteiger charge is -2.08. The highest BCUT2D eigenvalue weighted by Crippen LogP contribution is 2.00. The van der Waals surface area contributed by atoms with E-state index in [0.717, 1.165) is 12.8 Å². The number of hydrogen-bond acceptors (Lipinski definition) is 4. The lowest BCUT2D eigenvalue weighted by atomic mass is 10.1. The highest BCUT2D eigenvalue weighted by Gasteiger charge is 2.13. The summed E-state index contributed by atoms with van der Waals surface area (Å²) in [6.45, 7) is 0.610. The van der Waals surface area contributed by atoms with Crippen LogP contribution in [-0.4, -0.2) is 23.7 Å². The molecule has 0 radical (unpaired) electrons. The fraction of sp³-hybridized carbons (Fsp3) is 0.833. The van der Waals surface area contributed by atoms with Crippen molar-refractivity contribution in [3.05, 3.63) is 0 Å². The average Bonchev–Trinajstić information content (AvgIpc) is 1.97. The van der Waals surface area contributed by atoms with Crippen LogP contribution in [0.15, 0.2) is 0 Å². The molecule has 1 atom stereocenters. The number of unbranched alkanes of at least 4 members (excludes halogenated alkanes) is 1. The molecule has 0 rings (SSSR count). The van der Waals surface area contributed by atoms with Gasteiger partial charge in [0.25, 0.3) is 0 Å². The van der Waals surface area contributed by atoms with E-state index in [4.69, 9.17) is 10.8 Å². The quantitative estimate of drug-likeness (QED) is 0.341. The van der Waals surface area contributed by atoms with Gasteiger partial charge in [0.2, 0.25) is 0 Å². The van der Waals surface area contributed by atoms with Gasteiger partial charge in [0.15, 0.2) is 0 Å². The maximum Gasteiger partial charge on any atom is 0.321 e. The molecule has 0 aliphatic rings. The Hall–Kier alpha value is -0.260. The lowest BCUT2D eigenvalue weighted by Crippen LogP contribution is -2.30. The van der Waals surface area contributed by atoms with Crippen molar-refractivity contribution in [2.24, 2.45) is 5.73 Å². The summed E-state index contributed by atoms with van der Waals surface area (Å²) >= 11 is 3.70. The van der Waals surface area contributed by atoms with Crippen molar-refractivity contribution in [3.63, 3.8) is 0 Å². The zero-order valence-corrected chi connectivity index (χ0v) is 7.18. The molecule has 0 bridgehead atoms. The van der Waals surface area contributed by atoms with Crippen LogP contribution >= 0.6 is 12.8 Å². The van der Waals surface area contributed by atoms with Crippen molar-refractivity contribution in [1.29, 1.82) is 0 Å². The van der Waals surface area contributed by atoms with Gasteiger partial charge in [0.05, 0.1) is 0 Å². The largest absolute Gasteiger partial charge is 0.480 e. The van der Waals surface area contributed by atoms with E-state index in [1.165, 1.54) is 0 Å². The van der Waals surface area contributed by atoms with E-state index in [-0.39, 0.29) is 0 Å². The third-order valence-corrected chi connectivity index (χ3v) is 1.71. The first kappa shape index (κ1) is 10.7. The molecule has 0 fully saturated rings. The third-order valence-electron chi connectivity index (χ3n) is 1.40. The van der Waals surface area contributed by atoms with Crippen molar-refractivity contribution in [3.8, 4) is 0 Å². The van der Waals surface area contributed by atoms with Crippen LogP contribution in [0.4, 0.5) is 0 Å². The van der Waals surface area contributed by atoms with Crippen LogP contribution < -0.4 is 10.5 Å². The molecular weight excluding hydrogens is 164 g/mol. The zero-order chi connectivity index (χ0) is 8.69. The molecule has 5 heteroatoms. The molecule has 0 amide bonds. The van der Waals surface area contributed by atoms with Crippen molar-refractivity contribution in [1.82, 2.24) is 4.72 Å². The first-order chi connectivity index (χ1) is 5.22. The van der Waals surface area contributed by atoms with Crippen molar-refractivity contribution >= 4 is 18.8 Å². The van der Waals surface area contributed by atoms with Crippen LogP contribution in [-0.2, 0) is 4.79 Å². The molecule has 0 aromatic rings. The van der Waals surface area contributed by atoms with E-state index in [2.05, 4.69) is 17.5 Å². The molecule has 0 heterocycles. The molecule has 0 saturated carbocycles. The second-order valence-corrected chi connectivity index (χ2v) is 2.56. The van der Waals surface area contributed by atoms with E-state index in [9.17, 15) is 4.79 Å². The van der Waals surface area contributed by atoms with Gasteiger partial charge in [0.1, 0.15) is 6.04 Å². The van der Waals surface area contributed by atoms with E-state index < -0.39 is 12.0 Å². The molecule has 0 saturated heterocycles. The molecular formula is C6H14N2O2S. The Morgan fingerprint density at radius 3 is 2.64 bits per heavy atom. The lowest BCUT2D eigenvalue weighted by molar-refractivity contribution is -0.139. The molecule has 0 aliphatic carbocycles.